The molecule has 1 aliphatic carbocycles. The monoisotopic (exact) mass is 330 g/mol. The molecule has 3 heterocycles. The van der Waals surface area contributed by atoms with E-state index < -0.39 is 0 Å². The van der Waals surface area contributed by atoms with Gasteiger partial charge in [-0.1, -0.05) is 12.8 Å². The lowest BCUT2D eigenvalue weighted by Gasteiger charge is -2.49. The molecule has 4 rings (SSSR count). The predicted octanol–water partition coefficient (Wildman–Crippen LogP) is 2.32. The summed E-state index contributed by atoms with van der Waals surface area (Å²) in [7, 11) is 0. The molecule has 2 saturated heterocycles. The first-order valence-corrected chi connectivity index (χ1v) is 9.70. The number of rotatable bonds is 3. The number of aromatic nitrogens is 2. The molecule has 132 valence electrons. The average Bonchev–Trinajstić information content (AvgIpc) is 3.18. The summed E-state index contributed by atoms with van der Waals surface area (Å²) in [6.45, 7) is 4.39. The Morgan fingerprint density at radius 2 is 2.00 bits per heavy atom. The summed E-state index contributed by atoms with van der Waals surface area (Å²) in [5.74, 6) is 1.97. The van der Waals surface area contributed by atoms with E-state index in [2.05, 4.69) is 21.3 Å². The molecular weight excluding hydrogens is 300 g/mol. The second-order valence-electron chi connectivity index (χ2n) is 7.95. The van der Waals surface area contributed by atoms with Crippen LogP contribution in [0.1, 0.15) is 56.6 Å². The highest BCUT2D eigenvalue weighted by molar-refractivity contribution is 5.32. The van der Waals surface area contributed by atoms with Crippen molar-refractivity contribution in [2.45, 2.75) is 50.9 Å². The largest absolute Gasteiger partial charge is 0.396 e. The van der Waals surface area contributed by atoms with Gasteiger partial charge in [0.25, 0.3) is 0 Å². The Kier molecular flexibility index (Phi) is 4.72. The number of aliphatic hydroxyl groups is 1. The van der Waals surface area contributed by atoms with Crippen molar-refractivity contribution in [3.8, 4) is 0 Å². The van der Waals surface area contributed by atoms with Crippen molar-refractivity contribution in [3.05, 3.63) is 18.0 Å². The summed E-state index contributed by atoms with van der Waals surface area (Å²) < 4.78 is 0. The maximum atomic E-state index is 9.77. The second kappa shape index (κ2) is 6.96. The predicted molar refractivity (Wildman–Crippen MR) is 95.2 cm³/mol. The van der Waals surface area contributed by atoms with E-state index in [1.165, 1.54) is 37.8 Å². The van der Waals surface area contributed by atoms with Gasteiger partial charge in [0.2, 0.25) is 5.95 Å². The topological polar surface area (TPSA) is 61.3 Å². The Hall–Kier alpha value is -1.20. The van der Waals surface area contributed by atoms with Gasteiger partial charge in [-0.25, -0.2) is 9.97 Å². The Labute approximate surface area is 144 Å². The second-order valence-corrected chi connectivity index (χ2v) is 7.95. The van der Waals surface area contributed by atoms with E-state index in [4.69, 9.17) is 4.98 Å². The van der Waals surface area contributed by atoms with Crippen LogP contribution in [0.25, 0.3) is 0 Å². The number of hydrogen-bond donors (Lipinski definition) is 2. The van der Waals surface area contributed by atoms with E-state index in [-0.39, 0.29) is 0 Å². The molecular formula is C19H30N4O. The van der Waals surface area contributed by atoms with Crippen molar-refractivity contribution in [2.75, 3.05) is 37.7 Å². The van der Waals surface area contributed by atoms with E-state index >= 15 is 0 Å². The fraction of sp³-hybridized carbons (Fsp3) is 0.789. The number of piperidine rings is 2. The van der Waals surface area contributed by atoms with Gasteiger partial charge in [0.05, 0.1) is 0 Å². The fourth-order valence-electron chi connectivity index (χ4n) is 5.07. The van der Waals surface area contributed by atoms with E-state index in [0.717, 1.165) is 45.0 Å². The van der Waals surface area contributed by atoms with Crippen LogP contribution < -0.4 is 10.2 Å². The summed E-state index contributed by atoms with van der Waals surface area (Å²) in [4.78, 5) is 11.8. The van der Waals surface area contributed by atoms with E-state index in [9.17, 15) is 5.11 Å². The maximum absolute atomic E-state index is 9.77. The first-order valence-electron chi connectivity index (χ1n) is 9.70. The van der Waals surface area contributed by atoms with Gasteiger partial charge in [-0.15, -0.1) is 0 Å². The third-order valence-electron chi connectivity index (χ3n) is 6.76. The lowest BCUT2D eigenvalue weighted by Crippen LogP contribution is -2.52. The molecule has 0 amide bonds. The summed E-state index contributed by atoms with van der Waals surface area (Å²) in [5.41, 5.74) is 1.56. The van der Waals surface area contributed by atoms with Crippen molar-refractivity contribution in [2.24, 2.45) is 11.3 Å². The summed E-state index contributed by atoms with van der Waals surface area (Å²) in [6.07, 6.45) is 10.7. The molecule has 2 N–H and O–H groups in total. The molecule has 0 unspecified atom stereocenters. The smallest absolute Gasteiger partial charge is 0.225 e. The van der Waals surface area contributed by atoms with Gasteiger partial charge < -0.3 is 15.3 Å². The molecule has 3 aliphatic rings. The average molecular weight is 330 g/mol. The van der Waals surface area contributed by atoms with Gasteiger partial charge in [-0.05, 0) is 50.1 Å². The van der Waals surface area contributed by atoms with Crippen LogP contribution in [0.2, 0.25) is 0 Å². The molecule has 0 aromatic carbocycles. The lowest BCUT2D eigenvalue weighted by molar-refractivity contribution is 0.0325. The zero-order valence-electron chi connectivity index (χ0n) is 14.6. The Morgan fingerprint density at radius 1 is 1.21 bits per heavy atom. The van der Waals surface area contributed by atoms with Gasteiger partial charge in [-0.3, -0.25) is 0 Å². The van der Waals surface area contributed by atoms with Crippen molar-refractivity contribution in [3.63, 3.8) is 0 Å². The maximum Gasteiger partial charge on any atom is 0.225 e. The molecule has 1 spiro atoms. The fourth-order valence-corrected chi connectivity index (χ4v) is 5.07. The number of nitrogens with one attached hydrogen (secondary N) is 1. The molecule has 1 aromatic heterocycles. The minimum atomic E-state index is 0.306. The molecule has 0 bridgehead atoms. The van der Waals surface area contributed by atoms with Crippen LogP contribution in [-0.4, -0.2) is 47.9 Å². The zero-order valence-corrected chi connectivity index (χ0v) is 14.6. The molecule has 3 fully saturated rings. The molecule has 1 aromatic rings. The van der Waals surface area contributed by atoms with Gasteiger partial charge in [-0.2, -0.15) is 0 Å². The number of nitrogens with zero attached hydrogens (tertiary/aromatic N) is 3. The van der Waals surface area contributed by atoms with E-state index in [0.29, 0.717) is 23.9 Å². The van der Waals surface area contributed by atoms with Crippen LogP contribution in [0.15, 0.2) is 12.3 Å². The normalized spacial score (nSPS) is 27.7. The highest BCUT2D eigenvalue weighted by Crippen LogP contribution is 2.44. The Bertz CT molecular complexity index is 550. The molecule has 2 aliphatic heterocycles. The molecule has 0 radical (unpaired) electrons. The lowest BCUT2D eigenvalue weighted by atomic mass is 9.65. The van der Waals surface area contributed by atoms with Crippen LogP contribution in [0.5, 0.6) is 0 Å². The zero-order chi connectivity index (χ0) is 16.4. The first-order chi connectivity index (χ1) is 11.8. The van der Waals surface area contributed by atoms with Crippen molar-refractivity contribution in [1.82, 2.24) is 15.3 Å². The Morgan fingerprint density at radius 3 is 2.75 bits per heavy atom. The Balaban J connectivity index is 1.45. The van der Waals surface area contributed by atoms with Crippen LogP contribution in [0, 0.1) is 11.3 Å². The molecule has 1 atom stereocenters. The van der Waals surface area contributed by atoms with Crippen LogP contribution >= 0.6 is 0 Å². The molecule has 5 nitrogen and oxygen atoms in total. The SMILES string of the molecule is OC[C@@H]1CNCCC12CCN(c1nccc(C3CCCC3)n1)CC2. The third kappa shape index (κ3) is 3.04. The number of aliphatic hydroxyl groups excluding tert-OH is 1. The summed E-state index contributed by atoms with van der Waals surface area (Å²) in [6, 6.07) is 2.11. The van der Waals surface area contributed by atoms with Gasteiger partial charge in [0, 0.05) is 50.0 Å². The van der Waals surface area contributed by atoms with E-state index in [1.807, 2.05) is 6.20 Å². The van der Waals surface area contributed by atoms with Gasteiger partial charge in [0.15, 0.2) is 0 Å². The third-order valence-corrected chi connectivity index (χ3v) is 6.76. The van der Waals surface area contributed by atoms with Gasteiger partial charge in [0.1, 0.15) is 0 Å². The minimum Gasteiger partial charge on any atom is -0.396 e. The standard InChI is InChI=1S/C19H30N4O/c24-14-16-13-20-10-6-19(16)7-11-23(12-8-19)18-21-9-5-17(22-18)15-3-1-2-4-15/h5,9,15-16,20,24H,1-4,6-8,10-14H2/t16-/m0/s1. The molecule has 5 heteroatoms. The van der Waals surface area contributed by atoms with Crippen LogP contribution in [-0.2, 0) is 0 Å². The minimum absolute atomic E-state index is 0.306. The first kappa shape index (κ1) is 16.3. The highest BCUT2D eigenvalue weighted by Gasteiger charge is 2.42. The number of anilines is 1. The van der Waals surface area contributed by atoms with Gasteiger partial charge >= 0.3 is 0 Å². The number of hydrogen-bond acceptors (Lipinski definition) is 5. The van der Waals surface area contributed by atoms with E-state index in [1.54, 1.807) is 0 Å². The van der Waals surface area contributed by atoms with Crippen molar-refractivity contribution >= 4 is 5.95 Å². The highest BCUT2D eigenvalue weighted by atomic mass is 16.3. The quantitative estimate of drug-likeness (QED) is 0.891. The summed E-state index contributed by atoms with van der Waals surface area (Å²) >= 11 is 0. The molecule has 24 heavy (non-hydrogen) atoms. The summed E-state index contributed by atoms with van der Waals surface area (Å²) in [5, 5.41) is 13.2. The molecule has 1 saturated carbocycles. The van der Waals surface area contributed by atoms with Crippen molar-refractivity contribution in [1.29, 1.82) is 0 Å². The van der Waals surface area contributed by atoms with Crippen LogP contribution in [0.3, 0.4) is 0 Å². The van der Waals surface area contributed by atoms with Crippen molar-refractivity contribution < 1.29 is 5.11 Å². The van der Waals surface area contributed by atoms with Crippen LogP contribution in [0.4, 0.5) is 5.95 Å².